The molecule has 2 aromatic rings. The number of aryl methyl sites for hydroxylation is 2. The molecule has 7 nitrogen and oxygen atoms in total. The van der Waals surface area contributed by atoms with E-state index in [0.29, 0.717) is 41.6 Å². The van der Waals surface area contributed by atoms with E-state index in [9.17, 15) is 14.9 Å². The number of fused-ring (bicyclic) bond motifs is 1. The van der Waals surface area contributed by atoms with Crippen LogP contribution in [0, 0.1) is 31.1 Å². The van der Waals surface area contributed by atoms with Crippen LogP contribution in [0.15, 0.2) is 9.95 Å². The second-order valence-corrected chi connectivity index (χ2v) is 9.94. The van der Waals surface area contributed by atoms with Gasteiger partial charge in [-0.3, -0.25) is 14.2 Å². The number of hydrogen-bond acceptors (Lipinski definition) is 7. The van der Waals surface area contributed by atoms with Crippen LogP contribution >= 0.6 is 23.1 Å². The molecular formula is C21H28N4O3S2. The maximum absolute atomic E-state index is 13.2. The third-order valence-electron chi connectivity index (χ3n) is 5.49. The van der Waals surface area contributed by atoms with Gasteiger partial charge in [-0.2, -0.15) is 5.26 Å². The lowest BCUT2D eigenvalue weighted by Gasteiger charge is -2.22. The Kier molecular flexibility index (Phi) is 7.22. The number of thiophene rings is 1. The Bertz CT molecular complexity index is 1040. The largest absolute Gasteiger partial charge is 0.382 e. The zero-order valence-corrected chi connectivity index (χ0v) is 19.5. The Balaban J connectivity index is 1.81. The van der Waals surface area contributed by atoms with Crippen LogP contribution in [0.1, 0.15) is 43.6 Å². The maximum atomic E-state index is 13.2. The number of rotatable bonds is 10. The Labute approximate surface area is 184 Å². The highest BCUT2D eigenvalue weighted by molar-refractivity contribution is 7.99. The quantitative estimate of drug-likeness (QED) is 0.340. The number of carbonyl (C=O) groups excluding carboxylic acids is 1. The molecule has 1 amide bonds. The van der Waals surface area contributed by atoms with Crippen molar-refractivity contribution in [2.45, 2.75) is 64.2 Å². The first kappa shape index (κ1) is 22.8. The van der Waals surface area contributed by atoms with Crippen LogP contribution in [0.4, 0.5) is 0 Å². The van der Waals surface area contributed by atoms with Crippen LogP contribution in [-0.4, -0.2) is 40.0 Å². The Morgan fingerprint density at radius 1 is 1.47 bits per heavy atom. The number of nitriles is 1. The summed E-state index contributed by atoms with van der Waals surface area (Å²) in [5.41, 5.74) is 0.0735. The van der Waals surface area contributed by atoms with E-state index >= 15 is 0 Å². The molecule has 1 N–H and O–H groups in total. The van der Waals surface area contributed by atoms with E-state index in [1.807, 2.05) is 20.8 Å². The van der Waals surface area contributed by atoms with E-state index in [1.165, 1.54) is 23.1 Å². The van der Waals surface area contributed by atoms with Gasteiger partial charge in [0.25, 0.3) is 5.56 Å². The molecule has 1 aliphatic carbocycles. The molecule has 9 heteroatoms. The highest BCUT2D eigenvalue weighted by atomic mass is 32.2. The summed E-state index contributed by atoms with van der Waals surface area (Å²) in [4.78, 5) is 32.2. The molecule has 1 atom stereocenters. The summed E-state index contributed by atoms with van der Waals surface area (Å²) in [5.74, 6) is 0.112. The minimum absolute atomic E-state index is 0.0684. The van der Waals surface area contributed by atoms with E-state index in [-0.39, 0.29) is 23.1 Å². The molecule has 1 aliphatic rings. The summed E-state index contributed by atoms with van der Waals surface area (Å²) < 4.78 is 7.06. The van der Waals surface area contributed by atoms with E-state index in [2.05, 4.69) is 11.4 Å². The van der Waals surface area contributed by atoms with E-state index in [1.54, 1.807) is 11.5 Å². The minimum atomic E-state index is -0.825. The number of carbonyl (C=O) groups is 1. The normalized spacial score (nSPS) is 15.7. The molecule has 162 valence electrons. The predicted molar refractivity (Wildman–Crippen MR) is 120 cm³/mol. The standard InChI is InChI=1S/C21H28N4O3S2/c1-5-28-10-6-9-25-19(27)17-13(2)14(3)30-18(17)23-20(25)29-11-16(26)24-21(4,12-22)15-7-8-15/h15H,5-11H2,1-4H3,(H,24,26). The highest BCUT2D eigenvalue weighted by Gasteiger charge is 2.43. The van der Waals surface area contributed by atoms with Crippen molar-refractivity contribution in [2.24, 2.45) is 5.92 Å². The fourth-order valence-electron chi connectivity index (χ4n) is 3.42. The van der Waals surface area contributed by atoms with Gasteiger partial charge < -0.3 is 10.1 Å². The van der Waals surface area contributed by atoms with Crippen LogP contribution in [-0.2, 0) is 16.1 Å². The van der Waals surface area contributed by atoms with E-state index < -0.39 is 5.54 Å². The average Bonchev–Trinajstić information content (AvgIpc) is 3.52. The smallest absolute Gasteiger partial charge is 0.263 e. The monoisotopic (exact) mass is 448 g/mol. The SMILES string of the molecule is CCOCCCn1c(SCC(=O)NC(C)(C#N)C2CC2)nc2sc(C)c(C)c2c1=O. The van der Waals surface area contributed by atoms with Gasteiger partial charge in [0.05, 0.1) is 17.2 Å². The molecule has 1 fully saturated rings. The second kappa shape index (κ2) is 9.50. The summed E-state index contributed by atoms with van der Waals surface area (Å²) in [6, 6.07) is 2.24. The van der Waals surface area contributed by atoms with Crippen molar-refractivity contribution in [2.75, 3.05) is 19.0 Å². The van der Waals surface area contributed by atoms with Crippen LogP contribution in [0.5, 0.6) is 0 Å². The van der Waals surface area contributed by atoms with Crippen molar-refractivity contribution in [3.05, 3.63) is 20.8 Å². The fourth-order valence-corrected chi connectivity index (χ4v) is 5.32. The van der Waals surface area contributed by atoms with Crippen LogP contribution in [0.3, 0.4) is 0 Å². The summed E-state index contributed by atoms with van der Waals surface area (Å²) >= 11 is 2.74. The van der Waals surface area contributed by atoms with Gasteiger partial charge in [0, 0.05) is 24.6 Å². The van der Waals surface area contributed by atoms with Crippen LogP contribution in [0.25, 0.3) is 10.2 Å². The number of nitrogens with zero attached hydrogens (tertiary/aromatic N) is 3. The van der Waals surface area contributed by atoms with Crippen molar-refractivity contribution in [1.29, 1.82) is 5.26 Å². The number of nitrogens with one attached hydrogen (secondary N) is 1. The molecule has 1 unspecified atom stereocenters. The molecule has 30 heavy (non-hydrogen) atoms. The number of ether oxygens (including phenoxy) is 1. The van der Waals surface area contributed by atoms with Crippen molar-refractivity contribution in [3.8, 4) is 6.07 Å². The number of amides is 1. The Morgan fingerprint density at radius 2 is 2.20 bits per heavy atom. The van der Waals surface area contributed by atoms with E-state index in [4.69, 9.17) is 9.72 Å². The predicted octanol–water partition coefficient (Wildman–Crippen LogP) is 3.40. The third kappa shape index (κ3) is 4.88. The summed E-state index contributed by atoms with van der Waals surface area (Å²) in [6.45, 7) is 9.33. The lowest BCUT2D eigenvalue weighted by atomic mass is 9.98. The van der Waals surface area contributed by atoms with Gasteiger partial charge >= 0.3 is 0 Å². The zero-order chi connectivity index (χ0) is 21.9. The molecular weight excluding hydrogens is 420 g/mol. The van der Waals surface area contributed by atoms with Crippen molar-refractivity contribution in [1.82, 2.24) is 14.9 Å². The van der Waals surface area contributed by atoms with Gasteiger partial charge in [-0.25, -0.2) is 4.98 Å². The topological polar surface area (TPSA) is 97.0 Å². The van der Waals surface area contributed by atoms with Crippen molar-refractivity contribution in [3.63, 3.8) is 0 Å². The first-order valence-corrected chi connectivity index (χ1v) is 12.0. The van der Waals surface area contributed by atoms with Gasteiger partial charge in [-0.15, -0.1) is 11.3 Å². The Morgan fingerprint density at radius 3 is 2.83 bits per heavy atom. The molecule has 0 saturated heterocycles. The Hall–Kier alpha value is -1.89. The molecule has 2 heterocycles. The van der Waals surface area contributed by atoms with Gasteiger partial charge in [0.15, 0.2) is 5.16 Å². The molecule has 0 bridgehead atoms. The maximum Gasteiger partial charge on any atom is 0.263 e. The summed E-state index contributed by atoms with van der Waals surface area (Å²) in [7, 11) is 0. The fraction of sp³-hybridized carbons (Fsp3) is 0.619. The van der Waals surface area contributed by atoms with Crippen molar-refractivity contribution >= 4 is 39.2 Å². The number of aromatic nitrogens is 2. The third-order valence-corrected chi connectivity index (χ3v) is 7.56. The molecule has 0 aliphatic heterocycles. The molecule has 0 aromatic carbocycles. The lowest BCUT2D eigenvalue weighted by Crippen LogP contribution is -2.47. The van der Waals surface area contributed by atoms with Gasteiger partial charge in [0.1, 0.15) is 10.4 Å². The van der Waals surface area contributed by atoms with E-state index in [0.717, 1.165) is 23.3 Å². The zero-order valence-electron chi connectivity index (χ0n) is 17.9. The average molecular weight is 449 g/mol. The first-order chi connectivity index (χ1) is 14.3. The molecule has 3 rings (SSSR count). The molecule has 0 spiro atoms. The van der Waals surface area contributed by atoms with Crippen molar-refractivity contribution < 1.29 is 9.53 Å². The summed E-state index contributed by atoms with van der Waals surface area (Å²) in [6.07, 6.45) is 2.62. The molecule has 1 saturated carbocycles. The van der Waals surface area contributed by atoms with Gasteiger partial charge in [-0.1, -0.05) is 11.8 Å². The second-order valence-electron chi connectivity index (χ2n) is 7.79. The number of hydrogen-bond donors (Lipinski definition) is 1. The van der Waals surface area contributed by atoms with Gasteiger partial charge in [0.2, 0.25) is 5.91 Å². The molecule has 2 aromatic heterocycles. The minimum Gasteiger partial charge on any atom is -0.382 e. The van der Waals surface area contributed by atoms with Crippen LogP contribution in [0.2, 0.25) is 0 Å². The molecule has 0 radical (unpaired) electrons. The summed E-state index contributed by atoms with van der Waals surface area (Å²) in [5, 5.41) is 13.5. The van der Waals surface area contributed by atoms with Gasteiger partial charge in [-0.05, 0) is 58.4 Å². The van der Waals surface area contributed by atoms with Crippen LogP contribution < -0.4 is 10.9 Å². The number of thioether (sulfide) groups is 1. The lowest BCUT2D eigenvalue weighted by molar-refractivity contribution is -0.119. The first-order valence-electron chi connectivity index (χ1n) is 10.2. The highest BCUT2D eigenvalue weighted by Crippen LogP contribution is 2.39.